The number of H-pyrrole nitrogens is 1. The first-order valence-electron chi connectivity index (χ1n) is 6.70. The molecule has 96 valence electrons. The fraction of sp³-hybridized carbons (Fsp3) is 0.769. The summed E-state index contributed by atoms with van der Waals surface area (Å²) in [5.74, 6) is 1.83. The fourth-order valence-electron chi connectivity index (χ4n) is 2.28. The van der Waals surface area contributed by atoms with Crippen LogP contribution in [0, 0.1) is 5.92 Å². The lowest BCUT2D eigenvalue weighted by molar-refractivity contribution is 0.242. The van der Waals surface area contributed by atoms with Gasteiger partial charge >= 0.3 is 0 Å². The van der Waals surface area contributed by atoms with Gasteiger partial charge in [-0.2, -0.15) is 0 Å². The van der Waals surface area contributed by atoms with Gasteiger partial charge in [-0.05, 0) is 12.3 Å². The fourth-order valence-corrected chi connectivity index (χ4v) is 2.28. The summed E-state index contributed by atoms with van der Waals surface area (Å²) in [5, 5.41) is 3.37. The number of aromatic nitrogens is 2. The highest BCUT2D eigenvalue weighted by atomic mass is 15.2. The molecule has 2 heterocycles. The van der Waals surface area contributed by atoms with E-state index in [-0.39, 0.29) is 0 Å². The summed E-state index contributed by atoms with van der Waals surface area (Å²) in [6, 6.07) is 0. The molecule has 2 rings (SSSR count). The Morgan fingerprint density at radius 3 is 2.82 bits per heavy atom. The number of piperazine rings is 1. The van der Waals surface area contributed by atoms with Crippen molar-refractivity contribution < 1.29 is 0 Å². The number of nitrogens with one attached hydrogen (secondary N) is 2. The molecule has 0 aromatic carbocycles. The summed E-state index contributed by atoms with van der Waals surface area (Å²) in [4.78, 5) is 10.4. The maximum atomic E-state index is 4.46. The van der Waals surface area contributed by atoms with Crippen molar-refractivity contribution in [1.82, 2.24) is 20.2 Å². The van der Waals surface area contributed by atoms with Gasteiger partial charge in [0.2, 0.25) is 0 Å². The second kappa shape index (κ2) is 6.17. The van der Waals surface area contributed by atoms with E-state index >= 15 is 0 Å². The molecule has 4 heteroatoms. The molecule has 0 aliphatic carbocycles. The Morgan fingerprint density at radius 2 is 2.12 bits per heavy atom. The molecule has 1 aliphatic rings. The molecule has 0 unspecified atom stereocenters. The number of hydrogen-bond acceptors (Lipinski definition) is 3. The normalized spacial score (nSPS) is 17.8. The quantitative estimate of drug-likeness (QED) is 0.803. The van der Waals surface area contributed by atoms with Crippen molar-refractivity contribution in [3.05, 3.63) is 17.7 Å². The van der Waals surface area contributed by atoms with Gasteiger partial charge in [-0.25, -0.2) is 4.98 Å². The van der Waals surface area contributed by atoms with Gasteiger partial charge in [0.15, 0.2) is 0 Å². The van der Waals surface area contributed by atoms with E-state index in [4.69, 9.17) is 0 Å². The van der Waals surface area contributed by atoms with Crippen molar-refractivity contribution in [1.29, 1.82) is 0 Å². The minimum absolute atomic E-state index is 0.691. The van der Waals surface area contributed by atoms with Gasteiger partial charge in [0.05, 0.1) is 0 Å². The minimum atomic E-state index is 0.691. The second-order valence-electron chi connectivity index (χ2n) is 5.29. The van der Waals surface area contributed by atoms with E-state index in [2.05, 4.69) is 34.0 Å². The monoisotopic (exact) mass is 236 g/mol. The van der Waals surface area contributed by atoms with E-state index in [9.17, 15) is 0 Å². The molecule has 1 fully saturated rings. The Hall–Kier alpha value is -0.870. The van der Waals surface area contributed by atoms with Crippen LogP contribution in [0.1, 0.15) is 25.4 Å². The summed E-state index contributed by atoms with van der Waals surface area (Å²) in [6.07, 6.45) is 4.13. The molecule has 0 atom stereocenters. The first-order chi connectivity index (χ1) is 8.24. The van der Waals surface area contributed by atoms with Crippen LogP contribution >= 0.6 is 0 Å². The summed E-state index contributed by atoms with van der Waals surface area (Å²) in [6.45, 7) is 10.2. The molecule has 2 N–H and O–H groups in total. The first kappa shape index (κ1) is 12.6. The van der Waals surface area contributed by atoms with Crippen molar-refractivity contribution in [2.75, 3.05) is 32.7 Å². The molecule has 0 spiro atoms. The molecule has 0 radical (unpaired) electrons. The molecule has 1 aromatic rings. The van der Waals surface area contributed by atoms with Crippen molar-refractivity contribution in [3.63, 3.8) is 0 Å². The minimum Gasteiger partial charge on any atom is -0.346 e. The molecule has 0 bridgehead atoms. The van der Waals surface area contributed by atoms with Gasteiger partial charge in [-0.15, -0.1) is 0 Å². The van der Waals surface area contributed by atoms with Gasteiger partial charge in [0.25, 0.3) is 0 Å². The van der Waals surface area contributed by atoms with Crippen LogP contribution in [0.2, 0.25) is 0 Å². The molecule has 1 aliphatic heterocycles. The summed E-state index contributed by atoms with van der Waals surface area (Å²) >= 11 is 0. The van der Waals surface area contributed by atoms with Crippen LogP contribution in [-0.4, -0.2) is 47.6 Å². The number of nitrogens with zero attached hydrogens (tertiary/aromatic N) is 2. The first-order valence-corrected chi connectivity index (χ1v) is 6.70. The third-order valence-corrected chi connectivity index (χ3v) is 3.18. The van der Waals surface area contributed by atoms with Crippen molar-refractivity contribution in [2.45, 2.75) is 26.7 Å². The Morgan fingerprint density at radius 1 is 1.35 bits per heavy atom. The summed E-state index contributed by atoms with van der Waals surface area (Å²) < 4.78 is 0. The molecule has 0 saturated carbocycles. The third-order valence-electron chi connectivity index (χ3n) is 3.18. The predicted octanol–water partition coefficient (Wildman–Crippen LogP) is 1.06. The number of hydrogen-bond donors (Lipinski definition) is 2. The Kier molecular flexibility index (Phi) is 4.57. The van der Waals surface area contributed by atoms with E-state index in [0.29, 0.717) is 5.92 Å². The van der Waals surface area contributed by atoms with Gasteiger partial charge in [0, 0.05) is 51.0 Å². The van der Waals surface area contributed by atoms with Crippen LogP contribution < -0.4 is 5.32 Å². The molecule has 1 aromatic heterocycles. The zero-order chi connectivity index (χ0) is 12.1. The van der Waals surface area contributed by atoms with Crippen LogP contribution in [0.25, 0.3) is 0 Å². The predicted molar refractivity (Wildman–Crippen MR) is 70.1 cm³/mol. The van der Waals surface area contributed by atoms with Crippen molar-refractivity contribution in [2.24, 2.45) is 5.92 Å². The Labute approximate surface area is 104 Å². The van der Waals surface area contributed by atoms with Crippen LogP contribution in [0.3, 0.4) is 0 Å². The summed E-state index contributed by atoms with van der Waals surface area (Å²) in [7, 11) is 0. The van der Waals surface area contributed by atoms with E-state index in [1.165, 1.54) is 18.8 Å². The largest absolute Gasteiger partial charge is 0.346 e. The van der Waals surface area contributed by atoms with Crippen LogP contribution in [0.4, 0.5) is 0 Å². The molecule has 4 nitrogen and oxygen atoms in total. The van der Waals surface area contributed by atoms with Gasteiger partial charge in [-0.3, -0.25) is 0 Å². The van der Waals surface area contributed by atoms with Gasteiger partial charge in [0.1, 0.15) is 5.82 Å². The highest BCUT2D eigenvalue weighted by Crippen LogP contribution is 2.06. The Bertz CT molecular complexity index is 326. The molecule has 0 amide bonds. The maximum Gasteiger partial charge on any atom is 0.107 e. The van der Waals surface area contributed by atoms with E-state index in [0.717, 1.165) is 38.3 Å². The standard InChI is InChI=1S/C13H24N4/c1-11(2)9-12-10-15-13(16-12)3-6-17-7-4-14-5-8-17/h10-11,14H,3-9H2,1-2H3,(H,15,16). The zero-order valence-electron chi connectivity index (χ0n) is 11.0. The lowest BCUT2D eigenvalue weighted by Crippen LogP contribution is -2.44. The zero-order valence-corrected chi connectivity index (χ0v) is 11.0. The lowest BCUT2D eigenvalue weighted by Gasteiger charge is -2.26. The van der Waals surface area contributed by atoms with Crippen LogP contribution in [0.15, 0.2) is 6.20 Å². The highest BCUT2D eigenvalue weighted by Gasteiger charge is 2.10. The molecular formula is C13H24N4. The van der Waals surface area contributed by atoms with Crippen molar-refractivity contribution in [3.8, 4) is 0 Å². The topological polar surface area (TPSA) is 44.0 Å². The SMILES string of the molecule is CC(C)Cc1cnc(CCN2CCNCC2)[nH]1. The summed E-state index contributed by atoms with van der Waals surface area (Å²) in [5.41, 5.74) is 1.27. The lowest BCUT2D eigenvalue weighted by atomic mass is 10.1. The van der Waals surface area contributed by atoms with Gasteiger partial charge in [-0.1, -0.05) is 13.8 Å². The number of rotatable bonds is 5. The number of aromatic amines is 1. The molecular weight excluding hydrogens is 212 g/mol. The van der Waals surface area contributed by atoms with E-state index in [1.807, 2.05) is 6.20 Å². The van der Waals surface area contributed by atoms with Crippen molar-refractivity contribution >= 4 is 0 Å². The highest BCUT2D eigenvalue weighted by molar-refractivity contribution is 5.02. The van der Waals surface area contributed by atoms with E-state index < -0.39 is 0 Å². The van der Waals surface area contributed by atoms with Crippen LogP contribution in [-0.2, 0) is 12.8 Å². The average molecular weight is 236 g/mol. The van der Waals surface area contributed by atoms with E-state index in [1.54, 1.807) is 0 Å². The maximum absolute atomic E-state index is 4.46. The molecule has 17 heavy (non-hydrogen) atoms. The molecule has 1 saturated heterocycles. The van der Waals surface area contributed by atoms with Gasteiger partial charge < -0.3 is 15.2 Å². The van der Waals surface area contributed by atoms with Crippen LogP contribution in [0.5, 0.6) is 0 Å². The average Bonchev–Trinajstić information content (AvgIpc) is 2.75. The number of imidazole rings is 1. The third kappa shape index (κ3) is 4.13. The second-order valence-corrected chi connectivity index (χ2v) is 5.29. The Balaban J connectivity index is 1.76. The smallest absolute Gasteiger partial charge is 0.107 e.